The summed E-state index contributed by atoms with van der Waals surface area (Å²) < 4.78 is 73.5. The molecular formula is C26H22F5N5O2. The van der Waals surface area contributed by atoms with Gasteiger partial charge < -0.3 is 4.74 Å². The lowest BCUT2D eigenvalue weighted by molar-refractivity contribution is -0.337. The van der Waals surface area contributed by atoms with E-state index in [-0.39, 0.29) is 31.8 Å². The van der Waals surface area contributed by atoms with Crippen LogP contribution in [0.4, 0.5) is 22.0 Å². The molecule has 0 N–H and O–H groups in total. The van der Waals surface area contributed by atoms with E-state index in [0.29, 0.717) is 56.8 Å². The van der Waals surface area contributed by atoms with Crippen molar-refractivity contribution in [3.63, 3.8) is 0 Å². The minimum absolute atomic E-state index is 0.0591. The normalized spacial score (nSPS) is 28.6. The van der Waals surface area contributed by atoms with Gasteiger partial charge in [-0.1, -0.05) is 0 Å². The van der Waals surface area contributed by atoms with Crippen molar-refractivity contribution in [3.05, 3.63) is 63.1 Å². The van der Waals surface area contributed by atoms with Gasteiger partial charge in [-0.2, -0.15) is 27.2 Å². The summed E-state index contributed by atoms with van der Waals surface area (Å²) in [7, 11) is 0. The van der Waals surface area contributed by atoms with Crippen molar-refractivity contribution in [2.75, 3.05) is 6.61 Å². The lowest BCUT2D eigenvalue weighted by atomic mass is 9.33. The molecule has 3 aromatic heterocycles. The monoisotopic (exact) mass is 531 g/mol. The number of fused-ring (bicyclic) bond motifs is 1. The predicted octanol–water partition coefficient (Wildman–Crippen LogP) is 5.38. The highest BCUT2D eigenvalue weighted by molar-refractivity contribution is 5.81. The molecule has 4 aliphatic rings. The number of hydrogen-bond acceptors (Lipinski definition) is 6. The highest BCUT2D eigenvalue weighted by Crippen LogP contribution is 2.78. The van der Waals surface area contributed by atoms with Crippen molar-refractivity contribution in [3.8, 4) is 6.07 Å². The molecular weight excluding hydrogens is 509 g/mol. The van der Waals surface area contributed by atoms with Crippen LogP contribution in [0.2, 0.25) is 0 Å². The summed E-state index contributed by atoms with van der Waals surface area (Å²) in [5, 5.41) is 9.99. The minimum Gasteiger partial charge on any atom is -0.373 e. The predicted molar refractivity (Wildman–Crippen MR) is 123 cm³/mol. The van der Waals surface area contributed by atoms with E-state index >= 15 is 0 Å². The van der Waals surface area contributed by atoms with Crippen LogP contribution in [-0.4, -0.2) is 32.3 Å². The first-order valence-corrected chi connectivity index (χ1v) is 12.2. The average molecular weight is 531 g/mol. The number of aryl methyl sites for hydroxylation is 1. The molecule has 0 spiro atoms. The van der Waals surface area contributed by atoms with Crippen LogP contribution in [0.1, 0.15) is 79.0 Å². The average Bonchev–Trinajstić information content (AvgIpc) is 2.81. The number of pyridine rings is 2. The Morgan fingerprint density at radius 1 is 1.18 bits per heavy atom. The first-order chi connectivity index (χ1) is 18.0. The van der Waals surface area contributed by atoms with Gasteiger partial charge in [-0.25, -0.2) is 15.0 Å². The molecule has 3 aliphatic carbocycles. The van der Waals surface area contributed by atoms with Crippen LogP contribution in [0.15, 0.2) is 29.2 Å². The van der Waals surface area contributed by atoms with E-state index < -0.39 is 35.2 Å². The van der Waals surface area contributed by atoms with Crippen molar-refractivity contribution >= 4 is 11.0 Å². The highest BCUT2D eigenvalue weighted by atomic mass is 19.4. The van der Waals surface area contributed by atoms with Crippen LogP contribution >= 0.6 is 0 Å². The van der Waals surface area contributed by atoms with Gasteiger partial charge in [0.05, 0.1) is 28.5 Å². The Morgan fingerprint density at radius 2 is 1.92 bits per heavy atom. The van der Waals surface area contributed by atoms with Crippen LogP contribution in [-0.2, 0) is 10.2 Å². The van der Waals surface area contributed by atoms with E-state index in [1.54, 1.807) is 13.0 Å². The molecule has 0 unspecified atom stereocenters. The quantitative estimate of drug-likeness (QED) is 0.420. The van der Waals surface area contributed by atoms with Gasteiger partial charge in [0.25, 0.3) is 5.56 Å². The van der Waals surface area contributed by atoms with Crippen LogP contribution in [0.25, 0.3) is 11.0 Å². The van der Waals surface area contributed by atoms with Gasteiger partial charge >= 0.3 is 12.7 Å². The second-order valence-electron chi connectivity index (χ2n) is 10.7. The number of ether oxygens (including phenoxy) is 1. The molecule has 0 aromatic carbocycles. The zero-order valence-corrected chi connectivity index (χ0v) is 20.2. The Kier molecular flexibility index (Phi) is 5.41. The summed E-state index contributed by atoms with van der Waals surface area (Å²) in [4.78, 5) is 25.7. The summed E-state index contributed by atoms with van der Waals surface area (Å²) >= 11 is 0. The number of alkyl halides is 5. The zero-order chi connectivity index (χ0) is 27.0. The SMILES string of the molecule is Cc1nc2nc([C@H]3CCO[C@@H](c4ccc(=O)n(C(F)F)c4)C3)nc(C34CC(C(F)(F)F)(C3)C4)c2cc1C#N. The van der Waals surface area contributed by atoms with Crippen molar-refractivity contribution in [1.82, 2.24) is 19.5 Å². The van der Waals surface area contributed by atoms with Crippen molar-refractivity contribution in [1.29, 1.82) is 5.26 Å². The summed E-state index contributed by atoms with van der Waals surface area (Å²) in [5.41, 5.74) is -1.26. The summed E-state index contributed by atoms with van der Waals surface area (Å²) in [6.45, 7) is -1.04. The number of nitrogens with zero attached hydrogens (tertiary/aromatic N) is 5. The molecule has 2 bridgehead atoms. The first kappa shape index (κ1) is 24.9. The minimum atomic E-state index is -4.28. The second kappa shape index (κ2) is 8.27. The lowest BCUT2D eigenvalue weighted by Crippen LogP contribution is -2.70. The number of aromatic nitrogens is 4. The molecule has 198 valence electrons. The topological polar surface area (TPSA) is 93.7 Å². The Labute approximate surface area is 213 Å². The number of rotatable bonds is 4. The van der Waals surface area contributed by atoms with E-state index in [2.05, 4.69) is 16.0 Å². The molecule has 7 rings (SSSR count). The number of halogens is 5. The fraction of sp³-hybridized carbons (Fsp3) is 0.500. The maximum Gasteiger partial charge on any atom is 0.394 e. The van der Waals surface area contributed by atoms with Gasteiger partial charge in [-0.3, -0.25) is 9.36 Å². The molecule has 3 saturated carbocycles. The largest absolute Gasteiger partial charge is 0.394 e. The molecule has 1 aliphatic heterocycles. The van der Waals surface area contributed by atoms with Gasteiger partial charge in [0.15, 0.2) is 5.65 Å². The Hall–Kier alpha value is -3.46. The molecule has 0 radical (unpaired) electrons. The van der Waals surface area contributed by atoms with Crippen LogP contribution in [0, 0.1) is 23.7 Å². The van der Waals surface area contributed by atoms with E-state index in [1.165, 1.54) is 6.07 Å². The Morgan fingerprint density at radius 3 is 2.58 bits per heavy atom. The van der Waals surface area contributed by atoms with Gasteiger partial charge in [-0.05, 0) is 56.7 Å². The van der Waals surface area contributed by atoms with Crippen LogP contribution < -0.4 is 5.56 Å². The first-order valence-electron chi connectivity index (χ1n) is 12.2. The fourth-order valence-electron chi connectivity index (χ4n) is 6.33. The molecule has 2 atom stereocenters. The van der Waals surface area contributed by atoms with E-state index in [1.807, 2.05) is 0 Å². The smallest absolute Gasteiger partial charge is 0.373 e. The highest BCUT2D eigenvalue weighted by Gasteiger charge is 2.79. The van der Waals surface area contributed by atoms with Gasteiger partial charge in [-0.15, -0.1) is 0 Å². The maximum atomic E-state index is 13.6. The second-order valence-corrected chi connectivity index (χ2v) is 10.7. The standard InChI is InChI=1S/C26H22F5N5O2/c1-13-16(8-32)6-17-20(24-10-25(11-24,12-24)26(29,30)31)34-21(35-22(17)33-13)14-4-5-38-18(7-14)15-2-3-19(37)36(9-15)23(27)28/h2-3,6,9,14,18,23H,4-5,7,10-12H2,1H3/t14-,18+,24?,25?/m0/s1. The third-order valence-corrected chi connectivity index (χ3v) is 8.34. The molecule has 0 amide bonds. The third kappa shape index (κ3) is 3.62. The van der Waals surface area contributed by atoms with Gasteiger partial charge in [0.2, 0.25) is 0 Å². The van der Waals surface area contributed by atoms with E-state index in [4.69, 9.17) is 9.72 Å². The van der Waals surface area contributed by atoms with Gasteiger partial charge in [0.1, 0.15) is 11.9 Å². The zero-order valence-electron chi connectivity index (χ0n) is 20.2. The molecule has 3 aromatic rings. The third-order valence-electron chi connectivity index (χ3n) is 8.34. The Bertz CT molecular complexity index is 1540. The molecule has 4 heterocycles. The number of hydrogen-bond donors (Lipinski definition) is 0. The molecule has 38 heavy (non-hydrogen) atoms. The maximum absolute atomic E-state index is 13.6. The van der Waals surface area contributed by atoms with E-state index in [0.717, 1.165) is 12.3 Å². The molecule has 7 nitrogen and oxygen atoms in total. The van der Waals surface area contributed by atoms with Crippen LogP contribution in [0.3, 0.4) is 0 Å². The van der Waals surface area contributed by atoms with Crippen LogP contribution in [0.5, 0.6) is 0 Å². The molecule has 1 saturated heterocycles. The van der Waals surface area contributed by atoms with Crippen molar-refractivity contribution < 1.29 is 26.7 Å². The fourth-order valence-corrected chi connectivity index (χ4v) is 6.33. The number of nitriles is 1. The van der Waals surface area contributed by atoms with Gasteiger partial charge in [0, 0.05) is 35.6 Å². The van der Waals surface area contributed by atoms with E-state index in [9.17, 15) is 32.0 Å². The summed E-state index contributed by atoms with van der Waals surface area (Å²) in [6.07, 6.45) is -3.12. The molecule has 12 heteroatoms. The molecule has 4 fully saturated rings. The lowest BCUT2D eigenvalue weighted by Gasteiger charge is -2.70. The van der Waals surface area contributed by atoms with Crippen molar-refractivity contribution in [2.45, 2.75) is 69.2 Å². The van der Waals surface area contributed by atoms with Crippen molar-refractivity contribution in [2.24, 2.45) is 5.41 Å². The summed E-state index contributed by atoms with van der Waals surface area (Å²) in [5.74, 6) is 0.135. The Balaban J connectivity index is 1.38. The summed E-state index contributed by atoms with van der Waals surface area (Å²) in [6, 6.07) is 6.20.